The van der Waals surface area contributed by atoms with Crippen LogP contribution in [0.15, 0.2) is 47.5 Å². The summed E-state index contributed by atoms with van der Waals surface area (Å²) in [5.41, 5.74) is 1.62. The van der Waals surface area contributed by atoms with Crippen molar-refractivity contribution in [2.24, 2.45) is 4.99 Å². The molecule has 0 spiro atoms. The van der Waals surface area contributed by atoms with Gasteiger partial charge in [0.05, 0.1) is 13.7 Å². The topological polar surface area (TPSA) is 75.1 Å². The summed E-state index contributed by atoms with van der Waals surface area (Å²) in [5.74, 6) is 1.52. The van der Waals surface area contributed by atoms with Gasteiger partial charge >= 0.3 is 6.18 Å². The molecule has 0 heterocycles. The molecular formula is C21H26F3N3O3. The molecule has 3 N–H and O–H groups in total. The predicted octanol–water partition coefficient (Wildman–Crippen LogP) is 3.64. The number of nitrogens with one attached hydrogen (secondary N) is 2. The predicted molar refractivity (Wildman–Crippen MR) is 109 cm³/mol. The average Bonchev–Trinajstić information content (AvgIpc) is 2.71. The second-order valence-electron chi connectivity index (χ2n) is 6.41. The van der Waals surface area contributed by atoms with Crippen molar-refractivity contribution in [1.82, 2.24) is 10.6 Å². The van der Waals surface area contributed by atoms with E-state index in [4.69, 9.17) is 9.47 Å². The van der Waals surface area contributed by atoms with Crippen LogP contribution < -0.4 is 20.1 Å². The number of methoxy groups -OCH3 is 1. The molecule has 0 aromatic heterocycles. The minimum absolute atomic E-state index is 0.157. The van der Waals surface area contributed by atoms with Gasteiger partial charge < -0.3 is 25.2 Å². The van der Waals surface area contributed by atoms with E-state index in [9.17, 15) is 18.3 Å². The van der Waals surface area contributed by atoms with Crippen molar-refractivity contribution in [1.29, 1.82) is 0 Å². The van der Waals surface area contributed by atoms with Crippen molar-refractivity contribution in [3.05, 3.63) is 53.6 Å². The number of ether oxygens (including phenoxy) is 2. The van der Waals surface area contributed by atoms with Crippen molar-refractivity contribution in [2.45, 2.75) is 26.1 Å². The third-order valence-electron chi connectivity index (χ3n) is 4.07. The minimum atomic E-state index is -4.36. The van der Waals surface area contributed by atoms with Crippen molar-refractivity contribution in [2.75, 3.05) is 26.8 Å². The number of alkyl halides is 3. The second kappa shape index (κ2) is 11.2. The van der Waals surface area contributed by atoms with Crippen LogP contribution in [0.2, 0.25) is 0 Å². The van der Waals surface area contributed by atoms with Crippen LogP contribution in [0, 0.1) is 0 Å². The highest BCUT2D eigenvalue weighted by molar-refractivity contribution is 5.79. The Morgan fingerprint density at radius 2 is 1.77 bits per heavy atom. The van der Waals surface area contributed by atoms with E-state index in [1.807, 2.05) is 13.0 Å². The summed E-state index contributed by atoms with van der Waals surface area (Å²) in [6.07, 6.45) is -3.77. The van der Waals surface area contributed by atoms with Crippen LogP contribution in [-0.4, -0.2) is 44.0 Å². The molecule has 0 unspecified atom stereocenters. The van der Waals surface area contributed by atoms with Gasteiger partial charge in [0.15, 0.2) is 12.6 Å². The van der Waals surface area contributed by atoms with Crippen molar-refractivity contribution in [3.8, 4) is 17.2 Å². The first-order valence-corrected chi connectivity index (χ1v) is 9.47. The first-order chi connectivity index (χ1) is 14.3. The van der Waals surface area contributed by atoms with Gasteiger partial charge in [-0.25, -0.2) is 4.99 Å². The monoisotopic (exact) mass is 425 g/mol. The van der Waals surface area contributed by atoms with Crippen LogP contribution in [0.4, 0.5) is 13.2 Å². The van der Waals surface area contributed by atoms with E-state index in [-0.39, 0.29) is 11.5 Å². The number of rotatable bonds is 9. The van der Waals surface area contributed by atoms with E-state index < -0.39 is 12.8 Å². The quantitative estimate of drug-likeness (QED) is 0.423. The number of halogens is 3. The molecule has 0 aliphatic heterocycles. The fraction of sp³-hybridized carbons (Fsp3) is 0.381. The summed E-state index contributed by atoms with van der Waals surface area (Å²) >= 11 is 0. The van der Waals surface area contributed by atoms with Gasteiger partial charge in [0.1, 0.15) is 17.2 Å². The Bertz CT molecular complexity index is 824. The number of hydrogen-bond acceptors (Lipinski definition) is 4. The third kappa shape index (κ3) is 8.10. The molecule has 0 atom stereocenters. The Labute approximate surface area is 173 Å². The largest absolute Gasteiger partial charge is 0.508 e. The van der Waals surface area contributed by atoms with Crippen LogP contribution in [0.5, 0.6) is 17.2 Å². The molecule has 0 fully saturated rings. The van der Waals surface area contributed by atoms with Crippen LogP contribution in [-0.2, 0) is 13.0 Å². The average molecular weight is 425 g/mol. The number of aromatic hydroxyl groups is 1. The van der Waals surface area contributed by atoms with Gasteiger partial charge in [-0.2, -0.15) is 13.2 Å². The first-order valence-electron chi connectivity index (χ1n) is 9.47. The number of nitrogens with zero attached hydrogens (tertiary/aromatic N) is 1. The minimum Gasteiger partial charge on any atom is -0.508 e. The first kappa shape index (κ1) is 23.2. The Hall–Kier alpha value is -3.10. The van der Waals surface area contributed by atoms with Gasteiger partial charge in [0, 0.05) is 19.2 Å². The summed E-state index contributed by atoms with van der Waals surface area (Å²) in [6, 6.07) is 11.5. The number of phenolic OH excluding ortho intramolecular Hbond substituents is 1. The maximum Gasteiger partial charge on any atom is 0.422 e. The van der Waals surface area contributed by atoms with Gasteiger partial charge in [-0.15, -0.1) is 0 Å². The van der Waals surface area contributed by atoms with E-state index in [2.05, 4.69) is 15.6 Å². The summed E-state index contributed by atoms with van der Waals surface area (Å²) in [7, 11) is 1.54. The van der Waals surface area contributed by atoms with Gasteiger partial charge in [-0.05, 0) is 42.7 Å². The molecule has 2 aromatic carbocycles. The zero-order valence-corrected chi connectivity index (χ0v) is 16.9. The molecule has 0 amide bonds. The van der Waals surface area contributed by atoms with Crippen LogP contribution in [0.1, 0.15) is 18.1 Å². The molecule has 0 saturated carbocycles. The Balaban J connectivity index is 1.88. The highest BCUT2D eigenvalue weighted by Crippen LogP contribution is 2.23. The van der Waals surface area contributed by atoms with E-state index >= 15 is 0 Å². The zero-order chi connectivity index (χ0) is 22.0. The van der Waals surface area contributed by atoms with E-state index in [1.165, 1.54) is 19.2 Å². The molecule has 0 radical (unpaired) electrons. The zero-order valence-electron chi connectivity index (χ0n) is 16.9. The lowest BCUT2D eigenvalue weighted by Crippen LogP contribution is -2.38. The molecule has 2 aromatic rings. The molecule has 0 aliphatic carbocycles. The Morgan fingerprint density at radius 1 is 1.07 bits per heavy atom. The van der Waals surface area contributed by atoms with Crippen LogP contribution in [0.25, 0.3) is 0 Å². The fourth-order valence-electron chi connectivity index (χ4n) is 2.57. The highest BCUT2D eigenvalue weighted by Gasteiger charge is 2.28. The molecule has 0 bridgehead atoms. The molecule has 6 nitrogen and oxygen atoms in total. The van der Waals surface area contributed by atoms with E-state index in [0.29, 0.717) is 37.8 Å². The fourth-order valence-corrected chi connectivity index (χ4v) is 2.57. The molecular weight excluding hydrogens is 399 g/mol. The number of phenols is 1. The number of aliphatic imine (C=N–C) groups is 1. The van der Waals surface area contributed by atoms with Crippen LogP contribution >= 0.6 is 0 Å². The third-order valence-corrected chi connectivity index (χ3v) is 4.07. The van der Waals surface area contributed by atoms with Gasteiger partial charge in [0.2, 0.25) is 0 Å². The van der Waals surface area contributed by atoms with E-state index in [0.717, 1.165) is 11.1 Å². The SMILES string of the molecule is CCNC(=NCc1ccc(OCC(F)(F)F)cc1)NCCc1ccc(OC)cc1O. The number of benzene rings is 2. The summed E-state index contributed by atoms with van der Waals surface area (Å²) in [6.45, 7) is 2.20. The standard InChI is InChI=1S/C21H26F3N3O3/c1-3-25-20(26-11-10-16-6-9-18(29-2)12-19(16)28)27-13-15-4-7-17(8-5-15)30-14-21(22,23)24/h4-9,12,28H,3,10-11,13-14H2,1-2H3,(H2,25,26,27). The lowest BCUT2D eigenvalue weighted by Gasteiger charge is -2.12. The molecule has 2 rings (SSSR count). The lowest BCUT2D eigenvalue weighted by molar-refractivity contribution is -0.153. The number of guanidine groups is 1. The van der Waals surface area contributed by atoms with Gasteiger partial charge in [-0.1, -0.05) is 18.2 Å². The maximum absolute atomic E-state index is 12.2. The highest BCUT2D eigenvalue weighted by atomic mass is 19.4. The smallest absolute Gasteiger partial charge is 0.422 e. The van der Waals surface area contributed by atoms with Gasteiger partial charge in [0.25, 0.3) is 0 Å². The van der Waals surface area contributed by atoms with Crippen molar-refractivity contribution in [3.63, 3.8) is 0 Å². The van der Waals surface area contributed by atoms with Crippen LogP contribution in [0.3, 0.4) is 0 Å². The molecule has 30 heavy (non-hydrogen) atoms. The summed E-state index contributed by atoms with van der Waals surface area (Å²) in [5, 5.41) is 16.3. The number of hydrogen-bond donors (Lipinski definition) is 3. The van der Waals surface area contributed by atoms with Gasteiger partial charge in [-0.3, -0.25) is 0 Å². The molecule has 9 heteroatoms. The summed E-state index contributed by atoms with van der Waals surface area (Å²) < 4.78 is 46.3. The maximum atomic E-state index is 12.2. The Morgan fingerprint density at radius 3 is 2.37 bits per heavy atom. The second-order valence-corrected chi connectivity index (χ2v) is 6.41. The lowest BCUT2D eigenvalue weighted by atomic mass is 10.1. The summed E-state index contributed by atoms with van der Waals surface area (Å²) in [4.78, 5) is 4.47. The van der Waals surface area contributed by atoms with Crippen molar-refractivity contribution < 1.29 is 27.8 Å². The van der Waals surface area contributed by atoms with Crippen molar-refractivity contribution >= 4 is 5.96 Å². The Kier molecular flexibility index (Phi) is 8.64. The normalized spacial score (nSPS) is 11.8. The molecule has 164 valence electrons. The molecule has 0 saturated heterocycles. The van der Waals surface area contributed by atoms with E-state index in [1.54, 1.807) is 24.3 Å². The molecule has 0 aliphatic rings.